The summed E-state index contributed by atoms with van der Waals surface area (Å²) >= 11 is 0. The van der Waals surface area contributed by atoms with Crippen LogP contribution in [0, 0.1) is 5.92 Å². The van der Waals surface area contributed by atoms with Gasteiger partial charge in [0.25, 0.3) is 5.91 Å². The average molecular weight is 365 g/mol. The number of carbonyl (C=O) groups excluding carboxylic acids is 2. The zero-order chi connectivity index (χ0) is 19.6. The summed E-state index contributed by atoms with van der Waals surface area (Å²) in [7, 11) is 0. The first kappa shape index (κ1) is 20.4. The van der Waals surface area contributed by atoms with E-state index in [1.54, 1.807) is 24.3 Å². The van der Waals surface area contributed by atoms with Gasteiger partial charge in [0.05, 0.1) is 5.71 Å². The van der Waals surface area contributed by atoms with Crippen LogP contribution >= 0.6 is 0 Å². The van der Waals surface area contributed by atoms with Crippen LogP contribution in [-0.4, -0.2) is 17.5 Å². The third-order valence-electron chi connectivity index (χ3n) is 3.91. The Morgan fingerprint density at radius 3 is 2.22 bits per heavy atom. The number of hydrazone groups is 1. The van der Waals surface area contributed by atoms with E-state index in [-0.39, 0.29) is 11.8 Å². The maximum absolute atomic E-state index is 12.4. The van der Waals surface area contributed by atoms with Crippen molar-refractivity contribution in [2.24, 2.45) is 11.0 Å². The molecule has 0 fully saturated rings. The molecule has 5 heteroatoms. The lowest BCUT2D eigenvalue weighted by atomic mass is 10.1. The van der Waals surface area contributed by atoms with Crippen molar-refractivity contribution in [1.82, 2.24) is 5.43 Å². The molecule has 27 heavy (non-hydrogen) atoms. The summed E-state index contributed by atoms with van der Waals surface area (Å²) in [5.41, 5.74) is 5.65. The first-order valence-electron chi connectivity index (χ1n) is 9.31. The lowest BCUT2D eigenvalue weighted by molar-refractivity contribution is -0.116. The molecule has 0 bridgehead atoms. The lowest BCUT2D eigenvalue weighted by Gasteiger charge is -2.08. The normalized spacial score (nSPS) is 11.3. The van der Waals surface area contributed by atoms with Gasteiger partial charge in [0.1, 0.15) is 0 Å². The predicted octanol–water partition coefficient (Wildman–Crippen LogP) is 4.61. The standard InChI is InChI=1S/C22H27N3O2/c1-4-8-20(17-9-6-5-7-10-17)24-25-22(27)18-11-13-19(14-12-18)23-21(26)15-16(2)3/h5-7,9-14,16H,4,8,15H2,1-3H3,(H,23,26)(H,25,27). The Kier molecular flexibility index (Phi) is 7.74. The first-order chi connectivity index (χ1) is 13.0. The van der Waals surface area contributed by atoms with Crippen molar-refractivity contribution in [2.45, 2.75) is 40.0 Å². The molecular formula is C22H27N3O2. The second-order valence-corrected chi connectivity index (χ2v) is 6.84. The van der Waals surface area contributed by atoms with E-state index < -0.39 is 0 Å². The van der Waals surface area contributed by atoms with Gasteiger partial charge in [-0.3, -0.25) is 9.59 Å². The smallest absolute Gasteiger partial charge is 0.271 e. The molecule has 0 saturated heterocycles. The minimum Gasteiger partial charge on any atom is -0.326 e. The van der Waals surface area contributed by atoms with E-state index in [9.17, 15) is 9.59 Å². The van der Waals surface area contributed by atoms with Gasteiger partial charge in [-0.2, -0.15) is 5.10 Å². The van der Waals surface area contributed by atoms with E-state index in [0.29, 0.717) is 23.6 Å². The molecule has 0 aromatic heterocycles. The zero-order valence-electron chi connectivity index (χ0n) is 16.2. The second kappa shape index (κ2) is 10.3. The highest BCUT2D eigenvalue weighted by atomic mass is 16.2. The number of amides is 2. The van der Waals surface area contributed by atoms with Crippen LogP contribution in [0.25, 0.3) is 0 Å². The van der Waals surface area contributed by atoms with Gasteiger partial charge >= 0.3 is 0 Å². The van der Waals surface area contributed by atoms with Crippen LogP contribution in [0.2, 0.25) is 0 Å². The summed E-state index contributed by atoms with van der Waals surface area (Å²) in [6, 6.07) is 16.6. The van der Waals surface area contributed by atoms with Crippen LogP contribution in [0.3, 0.4) is 0 Å². The largest absolute Gasteiger partial charge is 0.326 e. The molecule has 2 rings (SSSR count). The fraction of sp³-hybridized carbons (Fsp3) is 0.318. The van der Waals surface area contributed by atoms with Crippen LogP contribution in [-0.2, 0) is 4.79 Å². The van der Waals surface area contributed by atoms with E-state index in [1.807, 2.05) is 44.2 Å². The van der Waals surface area contributed by atoms with Crippen LogP contribution in [0.1, 0.15) is 56.0 Å². The minimum atomic E-state index is -0.278. The van der Waals surface area contributed by atoms with Gasteiger partial charge in [-0.25, -0.2) is 5.43 Å². The van der Waals surface area contributed by atoms with Gasteiger partial charge in [-0.15, -0.1) is 0 Å². The zero-order valence-corrected chi connectivity index (χ0v) is 16.2. The number of anilines is 1. The van der Waals surface area contributed by atoms with Crippen molar-refractivity contribution in [2.75, 3.05) is 5.32 Å². The first-order valence-corrected chi connectivity index (χ1v) is 9.31. The van der Waals surface area contributed by atoms with E-state index in [0.717, 1.165) is 24.1 Å². The molecule has 0 saturated carbocycles. The second-order valence-electron chi connectivity index (χ2n) is 6.84. The number of hydrogen-bond acceptors (Lipinski definition) is 3. The van der Waals surface area contributed by atoms with Crippen LogP contribution < -0.4 is 10.7 Å². The van der Waals surface area contributed by atoms with Gasteiger partial charge < -0.3 is 5.32 Å². The lowest BCUT2D eigenvalue weighted by Crippen LogP contribution is -2.20. The van der Waals surface area contributed by atoms with Gasteiger partial charge in [-0.1, -0.05) is 57.5 Å². The van der Waals surface area contributed by atoms with Gasteiger partial charge in [0, 0.05) is 17.7 Å². The highest BCUT2D eigenvalue weighted by Crippen LogP contribution is 2.12. The minimum absolute atomic E-state index is 0.0288. The van der Waals surface area contributed by atoms with E-state index >= 15 is 0 Å². The molecule has 0 atom stereocenters. The summed E-state index contributed by atoms with van der Waals surface area (Å²) in [4.78, 5) is 24.2. The molecule has 2 aromatic rings. The Morgan fingerprint density at radius 2 is 1.63 bits per heavy atom. The van der Waals surface area contributed by atoms with E-state index in [4.69, 9.17) is 0 Å². The quantitative estimate of drug-likeness (QED) is 0.530. The number of rotatable bonds is 8. The summed E-state index contributed by atoms with van der Waals surface area (Å²) in [6.45, 7) is 6.07. The van der Waals surface area contributed by atoms with Crippen LogP contribution in [0.5, 0.6) is 0 Å². The predicted molar refractivity (Wildman–Crippen MR) is 110 cm³/mol. The summed E-state index contributed by atoms with van der Waals surface area (Å²) in [5.74, 6) is -0.00620. The maximum atomic E-state index is 12.4. The number of nitrogens with one attached hydrogen (secondary N) is 2. The molecule has 0 aliphatic rings. The fourth-order valence-corrected chi connectivity index (χ4v) is 2.60. The van der Waals surface area contributed by atoms with Gasteiger partial charge in [0.2, 0.25) is 5.91 Å². The number of benzene rings is 2. The Morgan fingerprint density at radius 1 is 0.963 bits per heavy atom. The van der Waals surface area contributed by atoms with Crippen molar-refractivity contribution in [1.29, 1.82) is 0 Å². The Hall–Kier alpha value is -2.95. The molecular weight excluding hydrogens is 338 g/mol. The Bertz CT molecular complexity index is 781. The molecule has 0 spiro atoms. The molecule has 2 amide bonds. The summed E-state index contributed by atoms with van der Waals surface area (Å²) in [5, 5.41) is 7.14. The van der Waals surface area contributed by atoms with Crippen molar-refractivity contribution >= 4 is 23.2 Å². The van der Waals surface area contributed by atoms with E-state index in [1.165, 1.54) is 0 Å². The van der Waals surface area contributed by atoms with Crippen LogP contribution in [0.4, 0.5) is 5.69 Å². The monoisotopic (exact) mass is 365 g/mol. The van der Waals surface area contributed by atoms with Crippen LogP contribution in [0.15, 0.2) is 59.7 Å². The fourth-order valence-electron chi connectivity index (χ4n) is 2.60. The summed E-state index contributed by atoms with van der Waals surface area (Å²) < 4.78 is 0. The maximum Gasteiger partial charge on any atom is 0.271 e. The highest BCUT2D eigenvalue weighted by Gasteiger charge is 2.09. The molecule has 0 heterocycles. The SMILES string of the molecule is CCCC(=NNC(=O)c1ccc(NC(=O)CC(C)C)cc1)c1ccccc1. The molecule has 0 unspecified atom stereocenters. The van der Waals surface area contributed by atoms with Gasteiger partial charge in [0.15, 0.2) is 0 Å². The van der Waals surface area contributed by atoms with E-state index in [2.05, 4.69) is 22.8 Å². The van der Waals surface area contributed by atoms with Crippen molar-refractivity contribution < 1.29 is 9.59 Å². The third-order valence-corrected chi connectivity index (χ3v) is 3.91. The molecule has 2 aromatic carbocycles. The Labute approximate surface area is 160 Å². The molecule has 0 radical (unpaired) electrons. The van der Waals surface area contributed by atoms with Gasteiger partial charge in [-0.05, 0) is 42.2 Å². The number of nitrogens with zero attached hydrogens (tertiary/aromatic N) is 1. The molecule has 0 aliphatic heterocycles. The Balaban J connectivity index is 2.01. The molecule has 2 N–H and O–H groups in total. The van der Waals surface area contributed by atoms with Crippen molar-refractivity contribution in [3.63, 3.8) is 0 Å². The number of hydrogen-bond donors (Lipinski definition) is 2. The molecule has 5 nitrogen and oxygen atoms in total. The average Bonchev–Trinajstić information content (AvgIpc) is 2.65. The summed E-state index contributed by atoms with van der Waals surface area (Å²) in [6.07, 6.45) is 2.19. The number of carbonyl (C=O) groups is 2. The molecule has 0 aliphatic carbocycles. The topological polar surface area (TPSA) is 70.6 Å². The highest BCUT2D eigenvalue weighted by molar-refractivity contribution is 6.02. The third kappa shape index (κ3) is 6.70. The van der Waals surface area contributed by atoms with Crippen molar-refractivity contribution in [3.05, 3.63) is 65.7 Å². The van der Waals surface area contributed by atoms with Crippen molar-refractivity contribution in [3.8, 4) is 0 Å². The molecule has 142 valence electrons.